The molecule has 1 aliphatic heterocycles. The summed E-state index contributed by atoms with van der Waals surface area (Å²) in [5.41, 5.74) is 0.0865. The van der Waals surface area contributed by atoms with Gasteiger partial charge in [0.15, 0.2) is 0 Å². The first-order valence-corrected chi connectivity index (χ1v) is 7.73. The zero-order chi connectivity index (χ0) is 17.3. The number of hydrogen-bond acceptors (Lipinski definition) is 5. The van der Waals surface area contributed by atoms with Crippen LogP contribution in [0.5, 0.6) is 0 Å². The van der Waals surface area contributed by atoms with E-state index < -0.39 is 11.7 Å². The summed E-state index contributed by atoms with van der Waals surface area (Å²) in [5, 5.41) is 3.32. The summed E-state index contributed by atoms with van der Waals surface area (Å²) in [7, 11) is 0. The number of anilines is 2. The first-order chi connectivity index (χ1) is 11.3. The van der Waals surface area contributed by atoms with Gasteiger partial charge in [-0.25, -0.2) is 15.0 Å². The van der Waals surface area contributed by atoms with Crippen LogP contribution in [0.2, 0.25) is 5.02 Å². The first kappa shape index (κ1) is 16.8. The second-order valence-electron chi connectivity index (χ2n) is 5.66. The maximum atomic E-state index is 12.7. The number of alkyl halides is 3. The minimum atomic E-state index is -4.45. The molecule has 0 amide bonds. The largest absolute Gasteiger partial charge is 0.417 e. The Morgan fingerprint density at radius 1 is 1.29 bits per heavy atom. The number of halogens is 4. The smallest absolute Gasteiger partial charge is 0.365 e. The van der Waals surface area contributed by atoms with Crippen LogP contribution in [0.3, 0.4) is 0 Å². The average molecular weight is 358 g/mol. The molecule has 1 saturated heterocycles. The zero-order valence-electron chi connectivity index (χ0n) is 12.8. The molecule has 0 aromatic carbocycles. The van der Waals surface area contributed by atoms with Crippen LogP contribution in [0.25, 0.3) is 0 Å². The molecule has 3 rings (SSSR count). The van der Waals surface area contributed by atoms with Crippen molar-refractivity contribution in [3.63, 3.8) is 0 Å². The molecule has 2 aromatic heterocycles. The van der Waals surface area contributed by atoms with E-state index in [0.29, 0.717) is 18.9 Å². The number of aryl methyl sites for hydroxylation is 1. The van der Waals surface area contributed by atoms with E-state index in [-0.39, 0.29) is 11.1 Å². The fraction of sp³-hybridized carbons (Fsp3) is 0.400. The zero-order valence-corrected chi connectivity index (χ0v) is 13.6. The van der Waals surface area contributed by atoms with Crippen LogP contribution in [0, 0.1) is 6.92 Å². The molecule has 1 atom stereocenters. The van der Waals surface area contributed by atoms with Crippen LogP contribution >= 0.6 is 11.6 Å². The third-order valence-corrected chi connectivity index (χ3v) is 4.15. The third-order valence-electron chi connectivity index (χ3n) is 3.87. The Hall–Kier alpha value is -2.09. The Kier molecular flexibility index (Phi) is 4.49. The van der Waals surface area contributed by atoms with E-state index in [0.717, 1.165) is 30.1 Å². The van der Waals surface area contributed by atoms with Crippen molar-refractivity contribution >= 4 is 23.2 Å². The summed E-state index contributed by atoms with van der Waals surface area (Å²) >= 11 is 6.00. The van der Waals surface area contributed by atoms with E-state index >= 15 is 0 Å². The normalized spacial score (nSPS) is 18.0. The molecule has 24 heavy (non-hydrogen) atoms. The van der Waals surface area contributed by atoms with Gasteiger partial charge in [0.25, 0.3) is 0 Å². The summed E-state index contributed by atoms with van der Waals surface area (Å²) in [6.45, 7) is 3.14. The Morgan fingerprint density at radius 2 is 2.08 bits per heavy atom. The van der Waals surface area contributed by atoms with E-state index in [1.165, 1.54) is 6.33 Å². The highest BCUT2D eigenvalue weighted by Gasteiger charge is 2.33. The molecular formula is C15H15ClF3N5. The summed E-state index contributed by atoms with van der Waals surface area (Å²) in [5.74, 6) is 1.12. The molecule has 0 bridgehead atoms. The standard InChI is InChI=1S/C15H15ClF3N5/c1-9-5-20-8-22-13(9)23-11-2-3-24(7-11)14-12(16)4-10(6-21-14)15(17,18)19/h4-6,8,11H,2-3,7H2,1H3,(H,20,22,23). The minimum absolute atomic E-state index is 0.00342. The highest BCUT2D eigenvalue weighted by Crippen LogP contribution is 2.34. The van der Waals surface area contributed by atoms with Crippen molar-refractivity contribution in [1.29, 1.82) is 0 Å². The van der Waals surface area contributed by atoms with Crippen molar-refractivity contribution in [3.8, 4) is 0 Å². The molecule has 0 saturated carbocycles. The lowest BCUT2D eigenvalue weighted by atomic mass is 10.2. The number of rotatable bonds is 3. The lowest BCUT2D eigenvalue weighted by Gasteiger charge is -2.20. The van der Waals surface area contributed by atoms with Gasteiger partial charge >= 0.3 is 6.18 Å². The van der Waals surface area contributed by atoms with Crippen molar-refractivity contribution in [2.24, 2.45) is 0 Å². The van der Waals surface area contributed by atoms with E-state index in [1.807, 2.05) is 11.8 Å². The molecule has 5 nitrogen and oxygen atoms in total. The highest BCUT2D eigenvalue weighted by atomic mass is 35.5. The number of pyridine rings is 1. The Morgan fingerprint density at radius 3 is 2.75 bits per heavy atom. The van der Waals surface area contributed by atoms with Crippen LogP contribution in [0.15, 0.2) is 24.8 Å². The van der Waals surface area contributed by atoms with E-state index in [1.54, 1.807) is 6.20 Å². The van der Waals surface area contributed by atoms with Crippen LogP contribution in [-0.2, 0) is 6.18 Å². The minimum Gasteiger partial charge on any atom is -0.365 e. The molecule has 1 fully saturated rings. The number of nitrogens with one attached hydrogen (secondary N) is 1. The lowest BCUT2D eigenvalue weighted by Crippen LogP contribution is -2.27. The molecule has 9 heteroatoms. The van der Waals surface area contributed by atoms with Crippen molar-refractivity contribution in [1.82, 2.24) is 15.0 Å². The van der Waals surface area contributed by atoms with Gasteiger partial charge in [-0.3, -0.25) is 0 Å². The Labute approximate surface area is 141 Å². The van der Waals surface area contributed by atoms with Gasteiger partial charge in [-0.1, -0.05) is 11.6 Å². The molecule has 3 heterocycles. The fourth-order valence-electron chi connectivity index (χ4n) is 2.63. The van der Waals surface area contributed by atoms with Gasteiger partial charge in [0, 0.05) is 37.1 Å². The van der Waals surface area contributed by atoms with E-state index in [2.05, 4.69) is 20.3 Å². The van der Waals surface area contributed by atoms with Gasteiger partial charge < -0.3 is 10.2 Å². The molecule has 2 aromatic rings. The average Bonchev–Trinajstić information content (AvgIpc) is 2.97. The van der Waals surface area contributed by atoms with Crippen LogP contribution in [0.1, 0.15) is 17.5 Å². The van der Waals surface area contributed by atoms with E-state index in [4.69, 9.17) is 11.6 Å². The molecule has 0 aliphatic carbocycles. The van der Waals surface area contributed by atoms with Crippen molar-refractivity contribution in [3.05, 3.63) is 40.9 Å². The number of aromatic nitrogens is 3. The lowest BCUT2D eigenvalue weighted by molar-refractivity contribution is -0.137. The Balaban J connectivity index is 1.71. The van der Waals surface area contributed by atoms with Crippen molar-refractivity contribution in [2.75, 3.05) is 23.3 Å². The Bertz CT molecular complexity index is 737. The van der Waals surface area contributed by atoms with Crippen molar-refractivity contribution < 1.29 is 13.2 Å². The van der Waals surface area contributed by atoms with Gasteiger partial charge in [-0.15, -0.1) is 0 Å². The van der Waals surface area contributed by atoms with Gasteiger partial charge in [0.2, 0.25) is 0 Å². The molecular weight excluding hydrogens is 343 g/mol. The van der Waals surface area contributed by atoms with Crippen molar-refractivity contribution in [2.45, 2.75) is 25.6 Å². The SMILES string of the molecule is Cc1cncnc1NC1CCN(c2ncc(C(F)(F)F)cc2Cl)C1. The molecule has 128 valence electrons. The summed E-state index contributed by atoms with van der Waals surface area (Å²) in [6.07, 6.45) is 0.362. The second kappa shape index (κ2) is 6.43. The summed E-state index contributed by atoms with van der Waals surface area (Å²) in [4.78, 5) is 13.9. The topological polar surface area (TPSA) is 53.9 Å². The first-order valence-electron chi connectivity index (χ1n) is 7.35. The van der Waals surface area contributed by atoms with Gasteiger partial charge in [-0.2, -0.15) is 13.2 Å². The maximum Gasteiger partial charge on any atom is 0.417 e. The highest BCUT2D eigenvalue weighted by molar-refractivity contribution is 6.33. The molecule has 1 N–H and O–H groups in total. The van der Waals surface area contributed by atoms with E-state index in [9.17, 15) is 13.2 Å². The number of hydrogen-bond donors (Lipinski definition) is 1. The summed E-state index contributed by atoms with van der Waals surface area (Å²) in [6, 6.07) is 1.03. The van der Waals surface area contributed by atoms with Gasteiger partial charge in [0.1, 0.15) is 18.0 Å². The third kappa shape index (κ3) is 3.53. The second-order valence-corrected chi connectivity index (χ2v) is 6.06. The maximum absolute atomic E-state index is 12.7. The molecule has 1 unspecified atom stereocenters. The molecule has 1 aliphatic rings. The monoisotopic (exact) mass is 357 g/mol. The number of nitrogens with zero attached hydrogens (tertiary/aromatic N) is 4. The van der Waals surface area contributed by atoms with Gasteiger partial charge in [0.05, 0.1) is 10.6 Å². The molecule has 0 radical (unpaired) electrons. The fourth-order valence-corrected chi connectivity index (χ4v) is 2.92. The predicted octanol–water partition coefficient (Wildman–Crippen LogP) is 3.54. The molecule has 0 spiro atoms. The predicted molar refractivity (Wildman–Crippen MR) is 85.3 cm³/mol. The summed E-state index contributed by atoms with van der Waals surface area (Å²) < 4.78 is 38.1. The quantitative estimate of drug-likeness (QED) is 0.910. The van der Waals surface area contributed by atoms with Gasteiger partial charge in [-0.05, 0) is 19.4 Å². The van der Waals surface area contributed by atoms with Crippen LogP contribution in [0.4, 0.5) is 24.8 Å². The van der Waals surface area contributed by atoms with Crippen LogP contribution < -0.4 is 10.2 Å². The van der Waals surface area contributed by atoms with Crippen LogP contribution in [-0.4, -0.2) is 34.1 Å².